The maximum absolute atomic E-state index is 12.9. The Morgan fingerprint density at radius 3 is 2.29 bits per heavy atom. The number of aryl methyl sites for hydroxylation is 1. The van der Waals surface area contributed by atoms with Crippen molar-refractivity contribution in [2.24, 2.45) is 5.41 Å². The average molecular weight is 381 g/mol. The highest BCUT2D eigenvalue weighted by Crippen LogP contribution is 2.37. The summed E-state index contributed by atoms with van der Waals surface area (Å²) in [4.78, 5) is 24.7. The Morgan fingerprint density at radius 1 is 1.11 bits per heavy atom. The first-order valence-corrected chi connectivity index (χ1v) is 10.6. The molecule has 0 saturated carbocycles. The van der Waals surface area contributed by atoms with E-state index in [1.807, 2.05) is 0 Å². The number of hydrogen-bond acceptors (Lipinski definition) is 2. The molecular weight excluding hydrogens is 344 g/mol. The van der Waals surface area contributed by atoms with Crippen LogP contribution >= 0.6 is 0 Å². The van der Waals surface area contributed by atoms with Gasteiger partial charge in [-0.3, -0.25) is 4.79 Å². The first-order valence-electron chi connectivity index (χ1n) is 10.6. The van der Waals surface area contributed by atoms with Crippen LogP contribution in [-0.4, -0.2) is 12.1 Å². The SMILES string of the molecule is CC(C)=CCCC1=CCC(C=O)(C(=O)CCc2ccc(C(C)(C)C)cc2)CC1. The molecule has 0 saturated heterocycles. The summed E-state index contributed by atoms with van der Waals surface area (Å²) in [7, 11) is 0. The van der Waals surface area contributed by atoms with Crippen molar-refractivity contribution in [1.82, 2.24) is 0 Å². The van der Waals surface area contributed by atoms with Crippen molar-refractivity contribution in [3.05, 3.63) is 58.7 Å². The average Bonchev–Trinajstić information content (AvgIpc) is 2.66. The molecule has 152 valence electrons. The summed E-state index contributed by atoms with van der Waals surface area (Å²) in [6.45, 7) is 10.8. The molecule has 1 aliphatic carbocycles. The lowest BCUT2D eigenvalue weighted by molar-refractivity contribution is -0.135. The molecule has 2 nitrogen and oxygen atoms in total. The van der Waals surface area contributed by atoms with E-state index in [1.165, 1.54) is 16.7 Å². The minimum Gasteiger partial charge on any atom is -0.302 e. The van der Waals surface area contributed by atoms with Gasteiger partial charge >= 0.3 is 0 Å². The molecule has 0 aliphatic heterocycles. The summed E-state index contributed by atoms with van der Waals surface area (Å²) in [5.74, 6) is 0.0991. The van der Waals surface area contributed by atoms with Gasteiger partial charge in [-0.15, -0.1) is 0 Å². The van der Waals surface area contributed by atoms with E-state index in [1.54, 1.807) is 0 Å². The first-order chi connectivity index (χ1) is 13.2. The Labute approximate surface area is 171 Å². The summed E-state index contributed by atoms with van der Waals surface area (Å²) >= 11 is 0. The molecule has 0 aromatic heterocycles. The van der Waals surface area contributed by atoms with E-state index >= 15 is 0 Å². The molecule has 1 atom stereocenters. The van der Waals surface area contributed by atoms with Gasteiger partial charge in [-0.25, -0.2) is 0 Å². The van der Waals surface area contributed by atoms with E-state index in [2.05, 4.69) is 71.0 Å². The lowest BCUT2D eigenvalue weighted by Gasteiger charge is -2.30. The summed E-state index contributed by atoms with van der Waals surface area (Å²) in [6.07, 6.45) is 10.6. The maximum Gasteiger partial charge on any atom is 0.146 e. The number of benzene rings is 1. The maximum atomic E-state index is 12.9. The van der Waals surface area contributed by atoms with Gasteiger partial charge in [-0.1, -0.05) is 68.3 Å². The standard InChI is InChI=1S/C26H36O2/c1-20(2)7-6-8-21-15-17-26(19-27,18-16-21)24(28)14-11-22-9-12-23(13-10-22)25(3,4)5/h7,9-10,12-13,15,19H,6,8,11,14,16-18H2,1-5H3. The molecule has 1 unspecified atom stereocenters. The van der Waals surface area contributed by atoms with Gasteiger partial charge in [0.15, 0.2) is 0 Å². The number of Topliss-reactive ketones (excluding diaryl/α,β-unsaturated/α-hetero) is 1. The van der Waals surface area contributed by atoms with Crippen LogP contribution in [0.1, 0.15) is 84.3 Å². The van der Waals surface area contributed by atoms with Crippen LogP contribution in [0.5, 0.6) is 0 Å². The van der Waals surface area contributed by atoms with Crippen molar-refractivity contribution in [3.63, 3.8) is 0 Å². The number of hydrogen-bond donors (Lipinski definition) is 0. The lowest BCUT2D eigenvalue weighted by atomic mass is 9.71. The molecule has 0 heterocycles. The minimum absolute atomic E-state index is 0.0991. The highest BCUT2D eigenvalue weighted by atomic mass is 16.1. The van der Waals surface area contributed by atoms with Gasteiger partial charge in [0, 0.05) is 6.42 Å². The smallest absolute Gasteiger partial charge is 0.146 e. The van der Waals surface area contributed by atoms with Gasteiger partial charge in [0.25, 0.3) is 0 Å². The molecular formula is C26H36O2. The van der Waals surface area contributed by atoms with E-state index in [-0.39, 0.29) is 11.2 Å². The fourth-order valence-corrected chi connectivity index (χ4v) is 3.79. The Kier molecular flexibility index (Phi) is 7.57. The van der Waals surface area contributed by atoms with Crippen molar-refractivity contribution in [1.29, 1.82) is 0 Å². The fourth-order valence-electron chi connectivity index (χ4n) is 3.79. The number of ketones is 1. The van der Waals surface area contributed by atoms with Gasteiger partial charge in [0.05, 0.1) is 5.41 Å². The Balaban J connectivity index is 1.94. The first kappa shape index (κ1) is 22.3. The van der Waals surface area contributed by atoms with Crippen LogP contribution in [0.2, 0.25) is 0 Å². The van der Waals surface area contributed by atoms with Crippen molar-refractivity contribution < 1.29 is 9.59 Å². The topological polar surface area (TPSA) is 34.1 Å². The van der Waals surface area contributed by atoms with Crippen molar-refractivity contribution in [3.8, 4) is 0 Å². The summed E-state index contributed by atoms with van der Waals surface area (Å²) < 4.78 is 0. The second-order valence-corrected chi connectivity index (χ2v) is 9.53. The van der Waals surface area contributed by atoms with E-state index in [9.17, 15) is 9.59 Å². The van der Waals surface area contributed by atoms with Gasteiger partial charge in [-0.05, 0) is 68.9 Å². The zero-order valence-corrected chi connectivity index (χ0v) is 18.3. The van der Waals surface area contributed by atoms with Crippen LogP contribution < -0.4 is 0 Å². The summed E-state index contributed by atoms with van der Waals surface area (Å²) in [6, 6.07) is 8.53. The van der Waals surface area contributed by atoms with E-state index in [0.717, 1.165) is 31.1 Å². The molecule has 0 fully saturated rings. The summed E-state index contributed by atoms with van der Waals surface area (Å²) in [5, 5.41) is 0. The molecule has 0 bridgehead atoms. The van der Waals surface area contributed by atoms with Gasteiger partial charge in [0.1, 0.15) is 12.1 Å². The second-order valence-electron chi connectivity index (χ2n) is 9.53. The molecule has 2 heteroatoms. The Morgan fingerprint density at radius 2 is 1.79 bits per heavy atom. The van der Waals surface area contributed by atoms with Crippen molar-refractivity contribution >= 4 is 12.1 Å². The number of carbonyl (C=O) groups excluding carboxylic acids is 2. The highest BCUT2D eigenvalue weighted by Gasteiger charge is 2.38. The Bertz CT molecular complexity index is 740. The number of allylic oxidation sites excluding steroid dienone is 4. The lowest BCUT2D eigenvalue weighted by Crippen LogP contribution is -2.34. The quantitative estimate of drug-likeness (QED) is 0.292. The molecule has 28 heavy (non-hydrogen) atoms. The zero-order valence-electron chi connectivity index (χ0n) is 18.3. The van der Waals surface area contributed by atoms with Crippen LogP contribution in [0.25, 0.3) is 0 Å². The van der Waals surface area contributed by atoms with Crippen LogP contribution in [0.3, 0.4) is 0 Å². The van der Waals surface area contributed by atoms with Crippen LogP contribution in [0.15, 0.2) is 47.6 Å². The van der Waals surface area contributed by atoms with Crippen LogP contribution in [0, 0.1) is 5.41 Å². The number of aldehydes is 1. The molecule has 1 aromatic rings. The van der Waals surface area contributed by atoms with Crippen LogP contribution in [0.4, 0.5) is 0 Å². The third-order valence-electron chi connectivity index (χ3n) is 5.91. The number of carbonyl (C=O) groups is 2. The van der Waals surface area contributed by atoms with Crippen LogP contribution in [-0.2, 0) is 21.4 Å². The molecule has 0 spiro atoms. The fraction of sp³-hybridized carbons (Fsp3) is 0.538. The van der Waals surface area contributed by atoms with Gasteiger partial charge in [0.2, 0.25) is 0 Å². The third kappa shape index (κ3) is 6.02. The predicted molar refractivity (Wildman–Crippen MR) is 118 cm³/mol. The monoisotopic (exact) mass is 380 g/mol. The van der Waals surface area contributed by atoms with Gasteiger partial charge in [-0.2, -0.15) is 0 Å². The van der Waals surface area contributed by atoms with Crippen molar-refractivity contribution in [2.45, 2.75) is 85.0 Å². The number of rotatable bonds is 8. The molecule has 0 amide bonds. The predicted octanol–water partition coefficient (Wildman–Crippen LogP) is 6.53. The van der Waals surface area contributed by atoms with E-state index < -0.39 is 5.41 Å². The molecule has 0 N–H and O–H groups in total. The molecule has 1 aliphatic rings. The van der Waals surface area contributed by atoms with E-state index in [4.69, 9.17) is 0 Å². The molecule has 2 rings (SSSR count). The van der Waals surface area contributed by atoms with Gasteiger partial charge < -0.3 is 4.79 Å². The zero-order chi connectivity index (χ0) is 20.8. The highest BCUT2D eigenvalue weighted by molar-refractivity contribution is 5.98. The second kappa shape index (κ2) is 9.49. The normalized spacial score (nSPS) is 19.7. The molecule has 0 radical (unpaired) electrons. The summed E-state index contributed by atoms with van der Waals surface area (Å²) in [5.41, 5.74) is 4.52. The minimum atomic E-state index is -0.800. The molecule has 1 aromatic carbocycles. The Hall–Kier alpha value is -1.96. The largest absolute Gasteiger partial charge is 0.302 e. The van der Waals surface area contributed by atoms with Crippen molar-refractivity contribution in [2.75, 3.05) is 0 Å². The third-order valence-corrected chi connectivity index (χ3v) is 5.91. The van der Waals surface area contributed by atoms with E-state index in [0.29, 0.717) is 25.7 Å².